The van der Waals surface area contributed by atoms with E-state index in [2.05, 4.69) is 6.07 Å². The third-order valence-corrected chi connectivity index (χ3v) is 1.89. The van der Waals surface area contributed by atoms with Crippen molar-refractivity contribution in [2.45, 2.75) is 20.8 Å². The topological polar surface area (TPSA) is 27.0 Å². The molecule has 0 saturated heterocycles. The lowest BCUT2D eigenvalue weighted by molar-refractivity contribution is 0.397. The third-order valence-electron chi connectivity index (χ3n) is 1.89. The van der Waals surface area contributed by atoms with Crippen LogP contribution < -0.4 is 0 Å². The van der Waals surface area contributed by atoms with Crippen LogP contribution in [0.5, 0.6) is 0 Å². The zero-order chi connectivity index (χ0) is 10.8. The highest BCUT2D eigenvalue weighted by Gasteiger charge is 2.01. The number of rotatable bonds is 5. The van der Waals surface area contributed by atoms with Gasteiger partial charge in [0, 0.05) is 13.1 Å². The van der Waals surface area contributed by atoms with Gasteiger partial charge in [0.15, 0.2) is 0 Å². The average molecular weight is 190 g/mol. The normalized spacial score (nSPS) is 12.3. The summed E-state index contributed by atoms with van der Waals surface area (Å²) in [5, 5.41) is 8.90. The molecule has 0 saturated carbocycles. The van der Waals surface area contributed by atoms with Crippen LogP contribution in [0.25, 0.3) is 0 Å². The van der Waals surface area contributed by atoms with Gasteiger partial charge in [-0.1, -0.05) is 24.3 Å². The number of hydrogen-bond donors (Lipinski definition) is 0. The molecule has 0 unspecified atom stereocenters. The molecule has 0 N–H and O–H groups in total. The van der Waals surface area contributed by atoms with Gasteiger partial charge in [0.1, 0.15) is 11.8 Å². The van der Waals surface area contributed by atoms with Crippen LogP contribution in [0.2, 0.25) is 0 Å². The van der Waals surface area contributed by atoms with E-state index in [9.17, 15) is 0 Å². The second kappa shape index (κ2) is 8.12. The summed E-state index contributed by atoms with van der Waals surface area (Å²) in [5.41, 5.74) is 0.718. The predicted octanol–water partition coefficient (Wildman–Crippen LogP) is 2.87. The van der Waals surface area contributed by atoms with Gasteiger partial charge in [-0.25, -0.2) is 0 Å². The van der Waals surface area contributed by atoms with E-state index >= 15 is 0 Å². The number of hydrogen-bond acceptors (Lipinski definition) is 2. The van der Waals surface area contributed by atoms with Crippen LogP contribution in [0, 0.1) is 11.3 Å². The van der Waals surface area contributed by atoms with Crippen LogP contribution in [-0.2, 0) is 0 Å². The molecule has 0 aliphatic rings. The number of nitriles is 1. The Morgan fingerprint density at radius 2 is 1.86 bits per heavy atom. The van der Waals surface area contributed by atoms with Crippen LogP contribution in [-0.4, -0.2) is 18.0 Å². The molecule has 76 valence electrons. The van der Waals surface area contributed by atoms with Crippen molar-refractivity contribution in [3.05, 3.63) is 36.1 Å². The lowest BCUT2D eigenvalue weighted by Gasteiger charge is -2.18. The Kier molecular flexibility index (Phi) is 7.26. The number of nitrogens with zero attached hydrogens (tertiary/aromatic N) is 2. The molecule has 0 rings (SSSR count). The molecule has 0 fully saturated rings. The Bertz CT molecular complexity index is 263. The van der Waals surface area contributed by atoms with Crippen molar-refractivity contribution >= 4 is 0 Å². The standard InChI is InChI=1S/C12H18N2/c1-4-7-8-9-10-12(11-13)14(5-2)6-3/h4,7-10H,5-6H2,1-3H3/b7-4+,9-8+,12-10+. The monoisotopic (exact) mass is 190 g/mol. The molecule has 0 aliphatic heterocycles. The number of allylic oxidation sites excluding steroid dienone is 6. The van der Waals surface area contributed by atoms with Crippen LogP contribution in [0.15, 0.2) is 36.1 Å². The van der Waals surface area contributed by atoms with Gasteiger partial charge in [-0.2, -0.15) is 5.26 Å². The maximum atomic E-state index is 8.90. The summed E-state index contributed by atoms with van der Waals surface area (Å²) in [6.45, 7) is 7.79. The van der Waals surface area contributed by atoms with Gasteiger partial charge in [0.2, 0.25) is 0 Å². The van der Waals surface area contributed by atoms with Crippen molar-refractivity contribution in [3.63, 3.8) is 0 Å². The van der Waals surface area contributed by atoms with Crippen molar-refractivity contribution in [1.29, 1.82) is 5.26 Å². The second-order valence-corrected chi connectivity index (χ2v) is 2.75. The molecule has 0 amide bonds. The van der Waals surface area contributed by atoms with Crippen LogP contribution in [0.1, 0.15) is 20.8 Å². The van der Waals surface area contributed by atoms with Gasteiger partial charge in [-0.3, -0.25) is 0 Å². The van der Waals surface area contributed by atoms with Gasteiger partial charge < -0.3 is 4.90 Å². The SMILES string of the molecule is C/C=C/C=C/C=C(\C#N)N(CC)CC. The van der Waals surface area contributed by atoms with E-state index in [-0.39, 0.29) is 0 Å². The smallest absolute Gasteiger partial charge is 0.117 e. The maximum absolute atomic E-state index is 8.90. The van der Waals surface area contributed by atoms with E-state index in [0.717, 1.165) is 18.8 Å². The lowest BCUT2D eigenvalue weighted by Crippen LogP contribution is -2.21. The molecule has 0 spiro atoms. The molecule has 0 aliphatic carbocycles. The first-order valence-electron chi connectivity index (χ1n) is 4.94. The Morgan fingerprint density at radius 3 is 2.29 bits per heavy atom. The fourth-order valence-electron chi connectivity index (χ4n) is 1.10. The van der Waals surface area contributed by atoms with Gasteiger partial charge in [-0.05, 0) is 26.8 Å². The Balaban J connectivity index is 4.47. The summed E-state index contributed by atoms with van der Waals surface area (Å²) >= 11 is 0. The first-order valence-corrected chi connectivity index (χ1v) is 4.94. The summed E-state index contributed by atoms with van der Waals surface area (Å²) in [4.78, 5) is 2.03. The van der Waals surface area contributed by atoms with E-state index in [4.69, 9.17) is 5.26 Å². The minimum atomic E-state index is 0.718. The van der Waals surface area contributed by atoms with Crippen molar-refractivity contribution in [1.82, 2.24) is 4.90 Å². The van der Waals surface area contributed by atoms with Crippen molar-refractivity contribution in [2.75, 3.05) is 13.1 Å². The summed E-state index contributed by atoms with van der Waals surface area (Å²) < 4.78 is 0. The quantitative estimate of drug-likeness (QED) is 0.492. The lowest BCUT2D eigenvalue weighted by atomic mass is 10.3. The Hall–Kier alpha value is -1.49. The highest BCUT2D eigenvalue weighted by atomic mass is 15.1. The molecular formula is C12H18N2. The zero-order valence-corrected chi connectivity index (χ0v) is 9.20. The molecule has 0 heterocycles. The van der Waals surface area contributed by atoms with E-state index in [0.29, 0.717) is 0 Å². The summed E-state index contributed by atoms with van der Waals surface area (Å²) in [7, 11) is 0. The van der Waals surface area contributed by atoms with Crippen LogP contribution in [0.4, 0.5) is 0 Å². The molecule has 0 atom stereocenters. The molecule has 14 heavy (non-hydrogen) atoms. The Labute approximate surface area is 86.8 Å². The van der Waals surface area contributed by atoms with Crippen molar-refractivity contribution in [2.24, 2.45) is 0 Å². The van der Waals surface area contributed by atoms with E-state index in [1.165, 1.54) is 0 Å². The van der Waals surface area contributed by atoms with E-state index in [1.54, 1.807) is 0 Å². The van der Waals surface area contributed by atoms with Gasteiger partial charge in [0.25, 0.3) is 0 Å². The van der Waals surface area contributed by atoms with Crippen molar-refractivity contribution in [3.8, 4) is 6.07 Å². The molecule has 0 aromatic rings. The minimum absolute atomic E-state index is 0.718. The highest BCUT2D eigenvalue weighted by Crippen LogP contribution is 2.02. The van der Waals surface area contributed by atoms with Gasteiger partial charge >= 0.3 is 0 Å². The summed E-state index contributed by atoms with van der Waals surface area (Å²) in [6, 6.07) is 2.19. The molecular weight excluding hydrogens is 172 g/mol. The largest absolute Gasteiger partial charge is 0.364 e. The first kappa shape index (κ1) is 12.5. The zero-order valence-electron chi connectivity index (χ0n) is 9.20. The van der Waals surface area contributed by atoms with Crippen LogP contribution >= 0.6 is 0 Å². The maximum Gasteiger partial charge on any atom is 0.117 e. The molecule has 0 aromatic carbocycles. The van der Waals surface area contributed by atoms with Crippen LogP contribution in [0.3, 0.4) is 0 Å². The third kappa shape index (κ3) is 4.51. The van der Waals surface area contributed by atoms with Crippen molar-refractivity contribution < 1.29 is 0 Å². The highest BCUT2D eigenvalue weighted by molar-refractivity contribution is 5.25. The van der Waals surface area contributed by atoms with Gasteiger partial charge in [0.05, 0.1) is 0 Å². The molecule has 0 aromatic heterocycles. The summed E-state index contributed by atoms with van der Waals surface area (Å²) in [6.07, 6.45) is 9.53. The fraction of sp³-hybridized carbons (Fsp3) is 0.417. The second-order valence-electron chi connectivity index (χ2n) is 2.75. The van der Waals surface area contributed by atoms with Gasteiger partial charge in [-0.15, -0.1) is 0 Å². The fourth-order valence-corrected chi connectivity index (χ4v) is 1.10. The predicted molar refractivity (Wildman–Crippen MR) is 60.6 cm³/mol. The average Bonchev–Trinajstić information content (AvgIpc) is 2.23. The minimum Gasteiger partial charge on any atom is -0.364 e. The summed E-state index contributed by atoms with van der Waals surface area (Å²) in [5.74, 6) is 0. The first-order chi connectivity index (χ1) is 6.79. The Morgan fingerprint density at radius 1 is 1.21 bits per heavy atom. The van der Waals surface area contributed by atoms with E-state index < -0.39 is 0 Å². The molecule has 2 heteroatoms. The van der Waals surface area contributed by atoms with E-state index in [1.807, 2.05) is 56.1 Å². The molecule has 0 bridgehead atoms. The molecule has 2 nitrogen and oxygen atoms in total. The molecule has 0 radical (unpaired) electrons.